The number of amides is 1. The second kappa shape index (κ2) is 6.89. The van der Waals surface area contributed by atoms with Crippen LogP contribution in [0.3, 0.4) is 0 Å². The predicted molar refractivity (Wildman–Crippen MR) is 102 cm³/mol. The van der Waals surface area contributed by atoms with Crippen molar-refractivity contribution in [1.29, 1.82) is 0 Å². The van der Waals surface area contributed by atoms with Crippen LogP contribution in [-0.2, 0) is 0 Å². The van der Waals surface area contributed by atoms with Crippen LogP contribution >= 0.6 is 0 Å². The Bertz CT molecular complexity index is 954. The Labute approximate surface area is 153 Å². The summed E-state index contributed by atoms with van der Waals surface area (Å²) in [5, 5.41) is 13.1. The number of carbonyl (C=O) groups is 1. The van der Waals surface area contributed by atoms with Gasteiger partial charge in [0.05, 0.1) is 6.10 Å². The molecule has 1 aliphatic rings. The highest BCUT2D eigenvalue weighted by molar-refractivity contribution is 5.92. The maximum atomic E-state index is 12.7. The zero-order valence-electron chi connectivity index (χ0n) is 14.8. The van der Waals surface area contributed by atoms with Crippen molar-refractivity contribution in [3.8, 4) is 0 Å². The molecular weight excluding hydrogens is 324 g/mol. The van der Waals surface area contributed by atoms with E-state index in [0.717, 1.165) is 17.7 Å². The Balaban J connectivity index is 1.51. The van der Waals surface area contributed by atoms with E-state index in [2.05, 4.69) is 35.3 Å². The molecule has 0 aliphatic carbocycles. The summed E-state index contributed by atoms with van der Waals surface area (Å²) in [5.74, 6) is -0.0566. The van der Waals surface area contributed by atoms with Crippen molar-refractivity contribution >= 4 is 16.7 Å². The van der Waals surface area contributed by atoms with Crippen LogP contribution in [0, 0.1) is 6.92 Å². The SMILES string of the molecule is Cc1cccc(C(=O)N2CC[C@H](c3ccc4ccccc4c3)[C@@H](O)C2)n1. The molecule has 1 amide bonds. The first-order chi connectivity index (χ1) is 12.6. The largest absolute Gasteiger partial charge is 0.391 e. The Kier molecular flexibility index (Phi) is 4.43. The zero-order valence-corrected chi connectivity index (χ0v) is 14.8. The van der Waals surface area contributed by atoms with E-state index >= 15 is 0 Å². The molecule has 0 spiro atoms. The zero-order chi connectivity index (χ0) is 18.1. The standard InChI is InChI=1S/C22H22N2O2/c1-15-5-4-8-20(23-15)22(26)24-12-11-19(21(25)14-24)18-10-9-16-6-2-3-7-17(16)13-18/h2-10,13,19,21,25H,11-12,14H2,1H3/t19-,21+/m1/s1. The highest BCUT2D eigenvalue weighted by Gasteiger charge is 2.32. The third-order valence-corrected chi connectivity index (χ3v) is 5.18. The molecule has 0 unspecified atom stereocenters. The molecule has 0 bridgehead atoms. The molecule has 1 aromatic heterocycles. The summed E-state index contributed by atoms with van der Waals surface area (Å²) in [4.78, 5) is 18.7. The summed E-state index contributed by atoms with van der Waals surface area (Å²) in [6, 6.07) is 20.0. The summed E-state index contributed by atoms with van der Waals surface area (Å²) < 4.78 is 0. The highest BCUT2D eigenvalue weighted by Crippen LogP contribution is 2.31. The molecular formula is C22H22N2O2. The van der Waals surface area contributed by atoms with E-state index in [1.165, 1.54) is 10.8 Å². The summed E-state index contributed by atoms with van der Waals surface area (Å²) in [7, 11) is 0. The highest BCUT2D eigenvalue weighted by atomic mass is 16.3. The number of pyridine rings is 1. The third-order valence-electron chi connectivity index (χ3n) is 5.18. The van der Waals surface area contributed by atoms with Crippen molar-refractivity contribution in [3.63, 3.8) is 0 Å². The first kappa shape index (κ1) is 16.7. The van der Waals surface area contributed by atoms with Gasteiger partial charge < -0.3 is 10.0 Å². The van der Waals surface area contributed by atoms with Crippen molar-refractivity contribution in [2.75, 3.05) is 13.1 Å². The first-order valence-electron chi connectivity index (χ1n) is 9.01. The predicted octanol–water partition coefficient (Wildman–Crippen LogP) is 3.53. The molecule has 0 radical (unpaired) electrons. The Morgan fingerprint density at radius 2 is 1.88 bits per heavy atom. The molecule has 0 saturated carbocycles. The van der Waals surface area contributed by atoms with Gasteiger partial charge in [0.2, 0.25) is 0 Å². The van der Waals surface area contributed by atoms with E-state index in [-0.39, 0.29) is 11.8 Å². The van der Waals surface area contributed by atoms with E-state index in [9.17, 15) is 9.90 Å². The number of β-amino-alcohol motifs (C(OH)–C–C–N with tert-alkyl or cyclic N) is 1. The number of aromatic nitrogens is 1. The normalized spacial score (nSPS) is 20.3. The van der Waals surface area contributed by atoms with E-state index in [4.69, 9.17) is 0 Å². The molecule has 4 heteroatoms. The van der Waals surface area contributed by atoms with E-state index < -0.39 is 6.10 Å². The topological polar surface area (TPSA) is 53.4 Å². The molecule has 3 aromatic rings. The maximum absolute atomic E-state index is 12.7. The number of piperidine rings is 1. The number of rotatable bonds is 2. The number of benzene rings is 2. The summed E-state index contributed by atoms with van der Waals surface area (Å²) in [5.41, 5.74) is 2.40. The molecule has 2 heterocycles. The quantitative estimate of drug-likeness (QED) is 0.772. The average Bonchev–Trinajstić information content (AvgIpc) is 2.67. The summed E-state index contributed by atoms with van der Waals surface area (Å²) >= 11 is 0. The van der Waals surface area contributed by atoms with Crippen LogP contribution < -0.4 is 0 Å². The van der Waals surface area contributed by atoms with Gasteiger partial charge in [0.15, 0.2) is 0 Å². The number of aliphatic hydroxyl groups excluding tert-OH is 1. The molecule has 1 fully saturated rings. The van der Waals surface area contributed by atoms with Crippen LogP contribution in [0.1, 0.15) is 34.1 Å². The smallest absolute Gasteiger partial charge is 0.272 e. The van der Waals surface area contributed by atoms with Gasteiger partial charge in [-0.25, -0.2) is 4.98 Å². The molecule has 132 valence electrons. The van der Waals surface area contributed by atoms with Gasteiger partial charge in [0.25, 0.3) is 5.91 Å². The van der Waals surface area contributed by atoms with Crippen LogP contribution in [0.25, 0.3) is 10.8 Å². The second-order valence-electron chi connectivity index (χ2n) is 6.98. The Hall–Kier alpha value is -2.72. The molecule has 4 nitrogen and oxygen atoms in total. The van der Waals surface area contributed by atoms with Crippen LogP contribution in [0.5, 0.6) is 0 Å². The molecule has 1 saturated heterocycles. The van der Waals surface area contributed by atoms with Crippen LogP contribution in [0.2, 0.25) is 0 Å². The van der Waals surface area contributed by atoms with Crippen LogP contribution in [-0.4, -0.2) is 40.1 Å². The Morgan fingerprint density at radius 1 is 1.08 bits per heavy atom. The molecule has 26 heavy (non-hydrogen) atoms. The van der Waals surface area contributed by atoms with Crippen LogP contribution in [0.4, 0.5) is 0 Å². The minimum atomic E-state index is -0.571. The van der Waals surface area contributed by atoms with Crippen molar-refractivity contribution in [3.05, 3.63) is 77.6 Å². The third kappa shape index (κ3) is 3.20. The second-order valence-corrected chi connectivity index (χ2v) is 6.98. The number of fused-ring (bicyclic) bond motifs is 1. The van der Waals surface area contributed by atoms with Gasteiger partial charge in [-0.2, -0.15) is 0 Å². The number of hydrogen-bond donors (Lipinski definition) is 1. The number of nitrogens with zero attached hydrogens (tertiary/aromatic N) is 2. The first-order valence-corrected chi connectivity index (χ1v) is 9.01. The molecule has 1 aliphatic heterocycles. The van der Waals surface area contributed by atoms with Crippen molar-refractivity contribution in [1.82, 2.24) is 9.88 Å². The molecule has 4 rings (SSSR count). The van der Waals surface area contributed by atoms with Gasteiger partial charge in [0, 0.05) is 24.7 Å². The van der Waals surface area contributed by atoms with Gasteiger partial charge in [-0.3, -0.25) is 4.79 Å². The van der Waals surface area contributed by atoms with E-state index in [1.54, 1.807) is 11.0 Å². The lowest BCUT2D eigenvalue weighted by Gasteiger charge is -2.36. The van der Waals surface area contributed by atoms with Crippen molar-refractivity contribution < 1.29 is 9.90 Å². The Morgan fingerprint density at radius 3 is 2.65 bits per heavy atom. The van der Waals surface area contributed by atoms with Gasteiger partial charge >= 0.3 is 0 Å². The fourth-order valence-electron chi connectivity index (χ4n) is 3.77. The summed E-state index contributed by atoms with van der Waals surface area (Å²) in [6.45, 7) is 2.84. The van der Waals surface area contributed by atoms with Gasteiger partial charge in [-0.05, 0) is 41.8 Å². The van der Waals surface area contributed by atoms with Gasteiger partial charge in [-0.1, -0.05) is 48.5 Å². The summed E-state index contributed by atoms with van der Waals surface area (Å²) in [6.07, 6.45) is 0.176. The fourth-order valence-corrected chi connectivity index (χ4v) is 3.77. The van der Waals surface area contributed by atoms with Gasteiger partial charge in [0.1, 0.15) is 5.69 Å². The average molecular weight is 346 g/mol. The van der Waals surface area contributed by atoms with Crippen molar-refractivity contribution in [2.24, 2.45) is 0 Å². The van der Waals surface area contributed by atoms with Crippen LogP contribution in [0.15, 0.2) is 60.7 Å². The number of hydrogen-bond acceptors (Lipinski definition) is 3. The lowest BCUT2D eigenvalue weighted by molar-refractivity contribution is 0.0378. The monoisotopic (exact) mass is 346 g/mol. The van der Waals surface area contributed by atoms with Crippen molar-refractivity contribution in [2.45, 2.75) is 25.4 Å². The van der Waals surface area contributed by atoms with E-state index in [1.807, 2.05) is 31.2 Å². The fraction of sp³-hybridized carbons (Fsp3) is 0.273. The minimum Gasteiger partial charge on any atom is -0.391 e. The molecule has 1 N–H and O–H groups in total. The number of aryl methyl sites for hydroxylation is 1. The van der Waals surface area contributed by atoms with Gasteiger partial charge in [-0.15, -0.1) is 0 Å². The molecule has 2 atom stereocenters. The maximum Gasteiger partial charge on any atom is 0.272 e. The number of aliphatic hydroxyl groups is 1. The molecule has 2 aromatic carbocycles. The lowest BCUT2D eigenvalue weighted by Crippen LogP contribution is -2.46. The number of likely N-dealkylation sites (tertiary alicyclic amines) is 1. The lowest BCUT2D eigenvalue weighted by atomic mass is 9.86. The van der Waals surface area contributed by atoms with E-state index in [0.29, 0.717) is 18.8 Å². The number of carbonyl (C=O) groups excluding carboxylic acids is 1. The minimum absolute atomic E-state index is 0.0501.